The fourth-order valence-corrected chi connectivity index (χ4v) is 9.63. The summed E-state index contributed by atoms with van der Waals surface area (Å²) in [5.74, 6) is 2.47. The molecule has 0 aliphatic heterocycles. The second-order valence-electron chi connectivity index (χ2n) is 15.9. The second-order valence-corrected chi connectivity index (χ2v) is 27.3. The predicted molar refractivity (Wildman–Crippen MR) is 212 cm³/mol. The Kier molecular flexibility index (Phi) is 8.20. The number of benzene rings is 3. The lowest BCUT2D eigenvalue weighted by Crippen LogP contribution is -2.37. The number of para-hydroxylation sites is 1. The molecule has 9 heteroatoms. The Morgan fingerprint density at radius 1 is 0.653 bits per heavy atom. The van der Waals surface area contributed by atoms with Crippen LogP contribution in [0.15, 0.2) is 97.3 Å². The maximum Gasteiger partial charge on any atom is 0.147 e. The number of pyridine rings is 2. The average Bonchev–Trinajstić information content (AvgIpc) is 3.68. The Bertz CT molecular complexity index is 2340. The summed E-state index contributed by atoms with van der Waals surface area (Å²) in [6.45, 7) is 20.7. The molecule has 0 aliphatic rings. The van der Waals surface area contributed by atoms with Gasteiger partial charge in [-0.2, -0.15) is 0 Å². The van der Waals surface area contributed by atoms with Crippen LogP contribution in [-0.2, 0) is 5.41 Å². The van der Waals surface area contributed by atoms with Crippen molar-refractivity contribution < 1.29 is 4.74 Å². The fraction of sp³-hybridized carbons (Fsp3) is 0.250. The van der Waals surface area contributed by atoms with Crippen molar-refractivity contribution in [2.75, 3.05) is 0 Å². The Labute approximate surface area is 294 Å². The molecule has 0 N–H and O–H groups in total. The number of hydrogen-bond donors (Lipinski definition) is 0. The quantitative estimate of drug-likeness (QED) is 0.155. The van der Waals surface area contributed by atoms with Gasteiger partial charge in [0, 0.05) is 40.4 Å². The summed E-state index contributed by atoms with van der Waals surface area (Å²) in [6.07, 6.45) is 3.79. The zero-order valence-corrected chi connectivity index (χ0v) is 32.6. The number of fused-ring (bicyclic) bond motifs is 3. The Morgan fingerprint density at radius 2 is 1.41 bits per heavy atom. The molecule has 0 saturated carbocycles. The highest BCUT2D eigenvalue weighted by atomic mass is 32.1. The van der Waals surface area contributed by atoms with E-state index < -0.39 is 16.1 Å². The van der Waals surface area contributed by atoms with Crippen molar-refractivity contribution in [3.63, 3.8) is 0 Å². The first-order chi connectivity index (χ1) is 23.1. The second kappa shape index (κ2) is 12.2. The van der Waals surface area contributed by atoms with E-state index in [0.29, 0.717) is 0 Å². The first kappa shape index (κ1) is 33.1. The third kappa shape index (κ3) is 6.62. The van der Waals surface area contributed by atoms with Crippen LogP contribution in [-0.4, -0.2) is 40.9 Å². The molecule has 248 valence electrons. The minimum Gasteiger partial charge on any atom is -0.457 e. The molecule has 3 aromatic carbocycles. The summed E-state index contributed by atoms with van der Waals surface area (Å²) >= 11 is 1.70. The molecule has 0 radical (unpaired) electrons. The summed E-state index contributed by atoms with van der Waals surface area (Å²) < 4.78 is 10.2. The average molecular weight is 698 g/mol. The van der Waals surface area contributed by atoms with Gasteiger partial charge >= 0.3 is 0 Å². The molecule has 0 aliphatic carbocycles. The van der Waals surface area contributed by atoms with Gasteiger partial charge in [-0.3, -0.25) is 9.55 Å². The Hall–Kier alpha value is -4.45. The number of hydrogen-bond acceptors (Lipinski definition) is 6. The Morgan fingerprint density at radius 3 is 2.14 bits per heavy atom. The highest BCUT2D eigenvalue weighted by Crippen LogP contribution is 2.36. The molecule has 7 rings (SSSR count). The van der Waals surface area contributed by atoms with Gasteiger partial charge in [-0.1, -0.05) is 89.5 Å². The van der Waals surface area contributed by atoms with Crippen LogP contribution in [0.2, 0.25) is 39.3 Å². The van der Waals surface area contributed by atoms with Crippen molar-refractivity contribution >= 4 is 59.1 Å². The summed E-state index contributed by atoms with van der Waals surface area (Å²) in [6, 6.07) is 30.0. The van der Waals surface area contributed by atoms with E-state index >= 15 is 0 Å². The number of ether oxygens (including phenoxy) is 1. The van der Waals surface area contributed by atoms with E-state index in [1.807, 2.05) is 18.5 Å². The largest absolute Gasteiger partial charge is 0.457 e. The molecule has 7 aromatic rings. The number of aromatic nitrogens is 5. The molecule has 0 saturated heterocycles. The maximum atomic E-state index is 6.75. The summed E-state index contributed by atoms with van der Waals surface area (Å²) in [4.78, 5) is 9.66. The van der Waals surface area contributed by atoms with Gasteiger partial charge in [0.2, 0.25) is 0 Å². The number of nitrogens with zero attached hydrogens (tertiary/aromatic N) is 5. The van der Waals surface area contributed by atoms with Crippen LogP contribution in [0.4, 0.5) is 0 Å². The lowest BCUT2D eigenvalue weighted by Gasteiger charge is -2.20. The van der Waals surface area contributed by atoms with Gasteiger partial charge < -0.3 is 4.74 Å². The monoisotopic (exact) mass is 697 g/mol. The van der Waals surface area contributed by atoms with Crippen LogP contribution >= 0.6 is 11.3 Å². The molecule has 4 heterocycles. The van der Waals surface area contributed by atoms with Crippen LogP contribution in [0.5, 0.6) is 11.5 Å². The van der Waals surface area contributed by atoms with Crippen molar-refractivity contribution in [1.29, 1.82) is 0 Å². The van der Waals surface area contributed by atoms with Crippen molar-refractivity contribution in [1.82, 2.24) is 24.7 Å². The zero-order valence-electron chi connectivity index (χ0n) is 29.8. The van der Waals surface area contributed by atoms with Crippen LogP contribution in [0.25, 0.3) is 49.5 Å². The van der Waals surface area contributed by atoms with Crippen molar-refractivity contribution in [2.24, 2.45) is 0 Å². The molecular weight excluding hydrogens is 655 g/mol. The van der Waals surface area contributed by atoms with Gasteiger partial charge in [-0.05, 0) is 65.6 Å². The first-order valence-corrected chi connectivity index (χ1v) is 24.6. The lowest BCUT2D eigenvalue weighted by atomic mass is 9.88. The highest BCUT2D eigenvalue weighted by Gasteiger charge is 2.24. The smallest absolute Gasteiger partial charge is 0.147 e. The molecule has 0 spiro atoms. The van der Waals surface area contributed by atoms with E-state index in [1.54, 1.807) is 11.3 Å². The van der Waals surface area contributed by atoms with Gasteiger partial charge in [0.05, 0.1) is 29.4 Å². The van der Waals surface area contributed by atoms with Crippen LogP contribution < -0.4 is 14.6 Å². The number of rotatable bonds is 7. The molecule has 0 fully saturated rings. The van der Waals surface area contributed by atoms with E-state index in [2.05, 4.69) is 154 Å². The van der Waals surface area contributed by atoms with Gasteiger partial charge in [0.25, 0.3) is 0 Å². The van der Waals surface area contributed by atoms with E-state index in [1.165, 1.54) is 16.1 Å². The molecule has 49 heavy (non-hydrogen) atoms. The van der Waals surface area contributed by atoms with Gasteiger partial charge in [0.1, 0.15) is 30.4 Å². The summed E-state index contributed by atoms with van der Waals surface area (Å²) in [5.41, 5.74) is 6.39. The van der Waals surface area contributed by atoms with Gasteiger partial charge in [0.15, 0.2) is 0 Å². The molecule has 4 aromatic heterocycles. The lowest BCUT2D eigenvalue weighted by molar-refractivity contribution is 0.484. The molecule has 0 unspecified atom stereocenters. The van der Waals surface area contributed by atoms with E-state index in [9.17, 15) is 0 Å². The topological polar surface area (TPSA) is 65.7 Å². The van der Waals surface area contributed by atoms with Crippen molar-refractivity contribution in [2.45, 2.75) is 65.5 Å². The van der Waals surface area contributed by atoms with Gasteiger partial charge in [-0.25, -0.2) is 4.98 Å². The summed E-state index contributed by atoms with van der Waals surface area (Å²) in [5, 5.41) is 13.7. The maximum absolute atomic E-state index is 6.75. The zero-order chi connectivity index (χ0) is 34.7. The molecule has 6 nitrogen and oxygen atoms in total. The molecule has 0 amide bonds. The first-order valence-electron chi connectivity index (χ1n) is 16.8. The van der Waals surface area contributed by atoms with Crippen LogP contribution in [0, 0.1) is 0 Å². The minimum absolute atomic E-state index is 0.00623. The van der Waals surface area contributed by atoms with E-state index in [0.717, 1.165) is 60.2 Å². The standard InChI is InChI=1S/C40H43N5OSSi2/c1-40(2,3)28-17-19-42-37(23-28)45-35-13-11-10-12-32(35)33-15-14-29(25-36(33)45)46-30-20-27(21-31(24-30)48(4,5)6)34-22-26(16-18-41-34)38-43-44-39(47-38)49(7,8)9/h10-25H,1-9H3. The fourth-order valence-electron chi connectivity index (χ4n) is 6.01. The normalized spacial score (nSPS) is 12.6. The molecule has 0 atom stereocenters. The van der Waals surface area contributed by atoms with Crippen molar-refractivity contribution in [3.05, 3.63) is 103 Å². The van der Waals surface area contributed by atoms with Crippen molar-refractivity contribution in [3.8, 4) is 39.1 Å². The third-order valence-electron chi connectivity index (χ3n) is 8.86. The Balaban J connectivity index is 1.31. The van der Waals surface area contributed by atoms with Crippen LogP contribution in [0.3, 0.4) is 0 Å². The molecular formula is C40H43N5OSSi2. The van der Waals surface area contributed by atoms with E-state index in [4.69, 9.17) is 14.7 Å². The third-order valence-corrected chi connectivity index (χ3v) is 15.2. The van der Waals surface area contributed by atoms with Gasteiger partial charge in [-0.15, -0.1) is 21.5 Å². The molecule has 0 bridgehead atoms. The van der Waals surface area contributed by atoms with E-state index in [-0.39, 0.29) is 5.41 Å². The highest BCUT2D eigenvalue weighted by molar-refractivity contribution is 7.27. The SMILES string of the molecule is CC(C)(C)c1ccnc(-n2c3ccccc3c3ccc(Oc4cc(-c5cc(-c6nnc([Si](C)(C)C)s6)ccn5)cc([Si](C)(C)C)c4)cc32)c1. The van der Waals surface area contributed by atoms with Crippen LogP contribution in [0.1, 0.15) is 26.3 Å². The predicted octanol–water partition coefficient (Wildman–Crippen LogP) is 9.94. The summed E-state index contributed by atoms with van der Waals surface area (Å²) in [7, 11) is -3.26. The minimum atomic E-state index is -1.72.